The molecule has 0 saturated heterocycles. The van der Waals surface area contributed by atoms with Crippen LogP contribution in [-0.2, 0) is 4.74 Å². The van der Waals surface area contributed by atoms with Crippen LogP contribution in [0.2, 0.25) is 0 Å². The summed E-state index contributed by atoms with van der Waals surface area (Å²) in [7, 11) is 0. The molecule has 7 heteroatoms. The Hall–Kier alpha value is -2.31. The molecule has 7 nitrogen and oxygen atoms in total. The summed E-state index contributed by atoms with van der Waals surface area (Å²) in [5.74, 6) is 0.336. The number of amides is 1. The first-order chi connectivity index (χ1) is 12.5. The summed E-state index contributed by atoms with van der Waals surface area (Å²) in [6.07, 6.45) is 5.66. The smallest absolute Gasteiger partial charge is 0.407 e. The molecule has 1 saturated carbocycles. The first-order valence-electron chi connectivity index (χ1n) is 9.53. The number of rotatable bonds is 3. The van der Waals surface area contributed by atoms with Gasteiger partial charge in [-0.3, -0.25) is 10.1 Å². The van der Waals surface area contributed by atoms with Crippen LogP contribution in [0.4, 0.5) is 16.2 Å². The highest BCUT2D eigenvalue weighted by atomic mass is 16.6. The average molecular weight is 380 g/mol. The Morgan fingerprint density at radius 3 is 2.30 bits per heavy atom. The van der Waals surface area contributed by atoms with Crippen LogP contribution in [0.5, 0.6) is 0 Å². The van der Waals surface area contributed by atoms with E-state index < -0.39 is 10.5 Å². The minimum Gasteiger partial charge on any atom is -0.444 e. The third-order valence-corrected chi connectivity index (χ3v) is 4.24. The Kier molecular flexibility index (Phi) is 8.53. The van der Waals surface area contributed by atoms with Crippen LogP contribution < -0.4 is 11.1 Å². The van der Waals surface area contributed by atoms with Gasteiger partial charge in [-0.05, 0) is 51.2 Å². The van der Waals surface area contributed by atoms with Crippen LogP contribution >= 0.6 is 0 Å². The number of nitrogen functional groups attached to an aromatic ring is 1. The van der Waals surface area contributed by atoms with Crippen molar-refractivity contribution in [3.8, 4) is 0 Å². The number of hydrogen-bond acceptors (Lipinski definition) is 5. The third-order valence-electron chi connectivity index (χ3n) is 4.24. The summed E-state index contributed by atoms with van der Waals surface area (Å²) >= 11 is 0. The lowest BCUT2D eigenvalue weighted by atomic mass is 9.96. The van der Waals surface area contributed by atoms with Gasteiger partial charge in [0.25, 0.3) is 5.69 Å². The van der Waals surface area contributed by atoms with E-state index in [1.54, 1.807) is 12.1 Å². The van der Waals surface area contributed by atoms with Gasteiger partial charge in [0.1, 0.15) is 11.3 Å². The molecule has 0 spiro atoms. The number of nitrogens with zero attached hydrogens (tertiary/aromatic N) is 1. The largest absolute Gasteiger partial charge is 0.444 e. The molecule has 1 aromatic rings. The fraction of sp³-hybridized carbons (Fsp3) is 0.650. The highest BCUT2D eigenvalue weighted by Gasteiger charge is 2.20. The summed E-state index contributed by atoms with van der Waals surface area (Å²) in [5, 5.41) is 13.3. The second-order valence-electron chi connectivity index (χ2n) is 8.21. The van der Waals surface area contributed by atoms with Gasteiger partial charge in [-0.2, -0.15) is 0 Å². The predicted molar refractivity (Wildman–Crippen MR) is 108 cm³/mol. The number of benzene rings is 1. The average Bonchev–Trinajstić information content (AvgIpc) is 2.54. The minimum atomic E-state index is -0.473. The lowest BCUT2D eigenvalue weighted by Gasteiger charge is -2.25. The minimum absolute atomic E-state index is 0.0237. The van der Waals surface area contributed by atoms with Crippen LogP contribution in [-0.4, -0.2) is 22.7 Å². The van der Waals surface area contributed by atoms with E-state index in [0.717, 1.165) is 18.4 Å². The maximum atomic E-state index is 11.4. The first kappa shape index (κ1) is 22.7. The highest BCUT2D eigenvalue weighted by Crippen LogP contribution is 2.25. The number of anilines is 1. The molecule has 1 amide bonds. The van der Waals surface area contributed by atoms with Gasteiger partial charge in [-0.15, -0.1) is 0 Å². The van der Waals surface area contributed by atoms with Gasteiger partial charge in [0.15, 0.2) is 0 Å². The molecule has 27 heavy (non-hydrogen) atoms. The molecule has 0 heterocycles. The standard InChI is InChI=1S/C11H21NO2.C9H12N2O2/c1-11(2,3)14-10(13)12-9-7-5-4-6-8-9;1-6(2)7-3-4-9(11(12)13)8(10)5-7/h9H,4-8H2,1-3H3,(H,12,13);3-6H,10H2,1-2H3. The summed E-state index contributed by atoms with van der Waals surface area (Å²) < 4.78 is 5.19. The van der Waals surface area contributed by atoms with Crippen LogP contribution in [0.3, 0.4) is 0 Å². The van der Waals surface area contributed by atoms with Crippen LogP contribution in [0, 0.1) is 10.1 Å². The number of carbonyl (C=O) groups excluding carboxylic acids is 1. The van der Waals surface area contributed by atoms with Crippen molar-refractivity contribution >= 4 is 17.5 Å². The first-order valence-corrected chi connectivity index (χ1v) is 9.53. The quantitative estimate of drug-likeness (QED) is 0.429. The van der Waals surface area contributed by atoms with Crippen molar-refractivity contribution < 1.29 is 14.5 Å². The number of nitro groups is 1. The normalized spacial score (nSPS) is 14.9. The number of ether oxygens (including phenoxy) is 1. The van der Waals surface area contributed by atoms with Gasteiger partial charge in [0.2, 0.25) is 0 Å². The fourth-order valence-corrected chi connectivity index (χ4v) is 2.82. The van der Waals surface area contributed by atoms with Crippen LogP contribution in [0.15, 0.2) is 18.2 Å². The molecular formula is C20H33N3O4. The Morgan fingerprint density at radius 2 is 1.85 bits per heavy atom. The number of nitrogens with two attached hydrogens (primary N) is 1. The molecule has 1 aromatic carbocycles. The van der Waals surface area contributed by atoms with Gasteiger partial charge in [0.05, 0.1) is 4.92 Å². The van der Waals surface area contributed by atoms with Crippen molar-refractivity contribution in [2.24, 2.45) is 0 Å². The van der Waals surface area contributed by atoms with Gasteiger partial charge in [-0.25, -0.2) is 4.79 Å². The van der Waals surface area contributed by atoms with E-state index in [-0.39, 0.29) is 17.5 Å². The molecule has 0 radical (unpaired) electrons. The van der Waals surface area contributed by atoms with E-state index in [1.807, 2.05) is 34.6 Å². The van der Waals surface area contributed by atoms with E-state index >= 15 is 0 Å². The van der Waals surface area contributed by atoms with Crippen LogP contribution in [0.25, 0.3) is 0 Å². The lowest BCUT2D eigenvalue weighted by molar-refractivity contribution is -0.383. The summed E-state index contributed by atoms with van der Waals surface area (Å²) in [6, 6.07) is 5.17. The van der Waals surface area contributed by atoms with Gasteiger partial charge >= 0.3 is 6.09 Å². The predicted octanol–water partition coefficient (Wildman–Crippen LogP) is 5.14. The summed E-state index contributed by atoms with van der Waals surface area (Å²) in [5.41, 5.74) is 6.35. The van der Waals surface area contributed by atoms with Gasteiger partial charge in [0, 0.05) is 12.1 Å². The van der Waals surface area contributed by atoms with E-state index in [9.17, 15) is 14.9 Å². The van der Waals surface area contributed by atoms with Crippen molar-refractivity contribution in [2.45, 2.75) is 84.3 Å². The second-order valence-corrected chi connectivity index (χ2v) is 8.21. The number of carbonyl (C=O) groups is 1. The molecular weight excluding hydrogens is 346 g/mol. The third kappa shape index (κ3) is 8.75. The van der Waals surface area contributed by atoms with E-state index in [2.05, 4.69) is 5.32 Å². The second kappa shape index (κ2) is 10.1. The van der Waals surface area contributed by atoms with Crippen molar-refractivity contribution in [3.63, 3.8) is 0 Å². The molecule has 1 fully saturated rings. The molecule has 0 aliphatic heterocycles. The molecule has 0 bridgehead atoms. The zero-order valence-corrected chi connectivity index (χ0v) is 17.1. The van der Waals surface area contributed by atoms with Crippen molar-refractivity contribution in [1.29, 1.82) is 0 Å². The molecule has 0 aromatic heterocycles. The van der Waals surface area contributed by atoms with Crippen molar-refractivity contribution in [1.82, 2.24) is 5.32 Å². The lowest BCUT2D eigenvalue weighted by Crippen LogP contribution is -2.39. The molecule has 2 rings (SSSR count). The molecule has 1 aliphatic carbocycles. The van der Waals surface area contributed by atoms with Crippen LogP contribution in [0.1, 0.15) is 78.2 Å². The molecule has 0 atom stereocenters. The van der Waals surface area contributed by atoms with Gasteiger partial charge in [-0.1, -0.05) is 39.2 Å². The molecule has 3 N–H and O–H groups in total. The number of nitrogens with one attached hydrogen (secondary N) is 1. The zero-order valence-electron chi connectivity index (χ0n) is 17.1. The SMILES string of the molecule is CC(C)(C)OC(=O)NC1CCCCC1.CC(C)c1ccc([N+](=O)[O-])c(N)c1. The van der Waals surface area contributed by atoms with E-state index in [4.69, 9.17) is 10.5 Å². The Morgan fingerprint density at radius 1 is 1.26 bits per heavy atom. The maximum absolute atomic E-state index is 11.4. The van der Waals surface area contributed by atoms with E-state index in [0.29, 0.717) is 12.0 Å². The number of hydrogen-bond donors (Lipinski definition) is 2. The number of alkyl carbamates (subject to hydrolysis) is 1. The van der Waals surface area contributed by atoms with Crippen molar-refractivity contribution in [3.05, 3.63) is 33.9 Å². The monoisotopic (exact) mass is 379 g/mol. The molecule has 152 valence electrons. The Balaban J connectivity index is 0.000000271. The maximum Gasteiger partial charge on any atom is 0.407 e. The fourth-order valence-electron chi connectivity index (χ4n) is 2.82. The zero-order chi connectivity index (χ0) is 20.6. The van der Waals surface area contributed by atoms with Crippen molar-refractivity contribution in [2.75, 3.05) is 5.73 Å². The molecule has 0 unspecified atom stereocenters. The highest BCUT2D eigenvalue weighted by molar-refractivity contribution is 5.68. The molecule has 1 aliphatic rings. The summed E-state index contributed by atoms with van der Waals surface area (Å²) in [4.78, 5) is 21.3. The topological polar surface area (TPSA) is 107 Å². The number of nitro benzene ring substituents is 1. The Bertz CT molecular complexity index is 633. The summed E-state index contributed by atoms with van der Waals surface area (Å²) in [6.45, 7) is 9.68. The van der Waals surface area contributed by atoms with Gasteiger partial charge < -0.3 is 15.8 Å². The Labute approximate surface area is 161 Å². The van der Waals surface area contributed by atoms with E-state index in [1.165, 1.54) is 25.3 Å².